The molecule has 1 aliphatic heterocycles. The number of furan rings is 1. The summed E-state index contributed by atoms with van der Waals surface area (Å²) in [5.41, 5.74) is 0.634. The molecule has 7 nitrogen and oxygen atoms in total. The number of anilines is 2. The molecule has 0 radical (unpaired) electrons. The molecule has 2 heterocycles. The lowest BCUT2D eigenvalue weighted by molar-refractivity contribution is -0.136. The van der Waals surface area contributed by atoms with E-state index in [0.29, 0.717) is 38.0 Å². The van der Waals surface area contributed by atoms with Crippen molar-refractivity contribution < 1.29 is 27.2 Å². The molecular formula is C24H23F3N4O3. The number of halogens is 3. The van der Waals surface area contributed by atoms with Crippen molar-refractivity contribution in [3.05, 3.63) is 84.1 Å². The monoisotopic (exact) mass is 472 g/mol. The summed E-state index contributed by atoms with van der Waals surface area (Å²) >= 11 is 0. The molecule has 1 unspecified atom stereocenters. The van der Waals surface area contributed by atoms with Crippen LogP contribution in [-0.4, -0.2) is 49.4 Å². The van der Waals surface area contributed by atoms with Gasteiger partial charge in [0.1, 0.15) is 23.2 Å². The van der Waals surface area contributed by atoms with Gasteiger partial charge < -0.3 is 20.0 Å². The van der Waals surface area contributed by atoms with Crippen LogP contribution in [0.25, 0.3) is 0 Å². The smallest absolute Gasteiger partial charge is 0.313 e. The molecule has 2 N–H and O–H groups in total. The van der Waals surface area contributed by atoms with Crippen LogP contribution in [-0.2, 0) is 9.59 Å². The van der Waals surface area contributed by atoms with Crippen LogP contribution < -0.4 is 15.5 Å². The minimum atomic E-state index is -1.06. The van der Waals surface area contributed by atoms with Gasteiger partial charge in [-0.15, -0.1) is 0 Å². The largest absolute Gasteiger partial charge is 0.468 e. The topological polar surface area (TPSA) is 77.8 Å². The molecule has 3 aromatic rings. The second kappa shape index (κ2) is 10.4. The van der Waals surface area contributed by atoms with Gasteiger partial charge in [0.05, 0.1) is 18.0 Å². The predicted molar refractivity (Wildman–Crippen MR) is 120 cm³/mol. The molecule has 2 aromatic carbocycles. The van der Waals surface area contributed by atoms with Gasteiger partial charge in [-0.1, -0.05) is 0 Å². The van der Waals surface area contributed by atoms with E-state index in [9.17, 15) is 22.8 Å². The number of rotatable bonds is 6. The molecule has 1 saturated heterocycles. The van der Waals surface area contributed by atoms with Gasteiger partial charge in [0.15, 0.2) is 0 Å². The molecule has 178 valence electrons. The van der Waals surface area contributed by atoms with E-state index in [1.165, 1.54) is 18.4 Å². The number of hydrogen-bond donors (Lipinski definition) is 2. The van der Waals surface area contributed by atoms with Crippen molar-refractivity contribution in [1.82, 2.24) is 10.2 Å². The van der Waals surface area contributed by atoms with E-state index in [-0.39, 0.29) is 24.1 Å². The van der Waals surface area contributed by atoms with Gasteiger partial charge >= 0.3 is 11.8 Å². The molecule has 2 amide bonds. The maximum Gasteiger partial charge on any atom is 0.313 e. The third kappa shape index (κ3) is 5.57. The number of nitrogens with one attached hydrogen (secondary N) is 2. The fraction of sp³-hybridized carbons (Fsp3) is 0.250. The third-order valence-corrected chi connectivity index (χ3v) is 5.66. The van der Waals surface area contributed by atoms with Gasteiger partial charge in [0.25, 0.3) is 0 Å². The molecule has 0 bridgehead atoms. The van der Waals surface area contributed by atoms with E-state index in [2.05, 4.69) is 20.4 Å². The summed E-state index contributed by atoms with van der Waals surface area (Å²) in [6.07, 6.45) is 1.53. The lowest BCUT2D eigenvalue weighted by Gasteiger charge is -2.39. The van der Waals surface area contributed by atoms with E-state index >= 15 is 0 Å². The Morgan fingerprint density at radius 1 is 0.912 bits per heavy atom. The van der Waals surface area contributed by atoms with Gasteiger partial charge in [-0.05, 0) is 48.5 Å². The first-order valence-electron chi connectivity index (χ1n) is 10.7. The summed E-state index contributed by atoms with van der Waals surface area (Å²) in [5, 5.41) is 4.70. The first-order valence-corrected chi connectivity index (χ1v) is 10.7. The molecule has 34 heavy (non-hydrogen) atoms. The Balaban J connectivity index is 1.36. The summed E-state index contributed by atoms with van der Waals surface area (Å²) in [4.78, 5) is 28.8. The maximum absolute atomic E-state index is 13.8. The van der Waals surface area contributed by atoms with Crippen LogP contribution in [0.2, 0.25) is 0 Å². The number of hydrogen-bond acceptors (Lipinski definition) is 5. The molecule has 10 heteroatoms. The van der Waals surface area contributed by atoms with Crippen LogP contribution >= 0.6 is 0 Å². The summed E-state index contributed by atoms with van der Waals surface area (Å²) in [7, 11) is 0. The van der Waals surface area contributed by atoms with Gasteiger partial charge in [0.2, 0.25) is 0 Å². The Kier molecular flexibility index (Phi) is 7.17. The summed E-state index contributed by atoms with van der Waals surface area (Å²) in [5.74, 6) is -3.45. The molecule has 0 aliphatic carbocycles. The molecule has 1 aliphatic rings. The van der Waals surface area contributed by atoms with Gasteiger partial charge in [-0.25, -0.2) is 13.2 Å². The average molecular weight is 472 g/mol. The zero-order chi connectivity index (χ0) is 24.1. The lowest BCUT2D eigenvalue weighted by atomic mass is 10.1. The van der Waals surface area contributed by atoms with E-state index < -0.39 is 23.4 Å². The zero-order valence-corrected chi connectivity index (χ0v) is 18.1. The Labute approximate surface area is 194 Å². The minimum absolute atomic E-state index is 0.0855. The molecule has 0 spiro atoms. The number of piperazine rings is 1. The zero-order valence-electron chi connectivity index (χ0n) is 18.1. The fourth-order valence-electron chi connectivity index (χ4n) is 3.87. The molecule has 0 saturated carbocycles. The van der Waals surface area contributed by atoms with Crippen molar-refractivity contribution in [3.8, 4) is 0 Å². The lowest BCUT2D eigenvalue weighted by Crippen LogP contribution is -2.50. The van der Waals surface area contributed by atoms with Crippen LogP contribution in [0.15, 0.2) is 65.3 Å². The normalized spacial score (nSPS) is 15.1. The van der Waals surface area contributed by atoms with E-state index in [4.69, 9.17) is 4.42 Å². The number of nitrogens with zero attached hydrogens (tertiary/aromatic N) is 2. The highest BCUT2D eigenvalue weighted by molar-refractivity contribution is 6.39. The SMILES string of the molecule is O=C(NCC(c1ccco1)N1CCN(c2ccc(F)cc2)CC1)C(=O)Nc1ccc(F)cc1F. The molecular weight excluding hydrogens is 449 g/mol. The fourth-order valence-corrected chi connectivity index (χ4v) is 3.87. The second-order valence-electron chi connectivity index (χ2n) is 7.82. The first-order chi connectivity index (χ1) is 16.4. The Morgan fingerprint density at radius 2 is 1.62 bits per heavy atom. The van der Waals surface area contributed by atoms with E-state index in [1.54, 1.807) is 24.3 Å². The first kappa shape index (κ1) is 23.4. The average Bonchev–Trinajstić information content (AvgIpc) is 3.36. The van der Waals surface area contributed by atoms with Crippen molar-refractivity contribution in [2.75, 3.05) is 42.9 Å². The molecule has 4 rings (SSSR count). The highest BCUT2D eigenvalue weighted by Gasteiger charge is 2.28. The van der Waals surface area contributed by atoms with Crippen molar-refractivity contribution in [2.45, 2.75) is 6.04 Å². The van der Waals surface area contributed by atoms with E-state index in [0.717, 1.165) is 17.8 Å². The highest BCUT2D eigenvalue weighted by atomic mass is 19.1. The number of carbonyl (C=O) groups is 2. The minimum Gasteiger partial charge on any atom is -0.468 e. The predicted octanol–water partition coefficient (Wildman–Crippen LogP) is 3.32. The third-order valence-electron chi connectivity index (χ3n) is 5.66. The van der Waals surface area contributed by atoms with Crippen LogP contribution in [0.5, 0.6) is 0 Å². The van der Waals surface area contributed by atoms with Crippen molar-refractivity contribution in [2.24, 2.45) is 0 Å². The maximum atomic E-state index is 13.8. The second-order valence-corrected chi connectivity index (χ2v) is 7.82. The highest BCUT2D eigenvalue weighted by Crippen LogP contribution is 2.24. The van der Waals surface area contributed by atoms with Crippen molar-refractivity contribution in [1.29, 1.82) is 0 Å². The van der Waals surface area contributed by atoms with Crippen LogP contribution in [0.1, 0.15) is 11.8 Å². The van der Waals surface area contributed by atoms with Gasteiger partial charge in [-0.3, -0.25) is 14.5 Å². The van der Waals surface area contributed by atoms with Crippen LogP contribution in [0.4, 0.5) is 24.5 Å². The Morgan fingerprint density at radius 3 is 2.26 bits per heavy atom. The summed E-state index contributed by atoms with van der Waals surface area (Å²) in [6.45, 7) is 2.74. The standard InChI is InChI=1S/C24H23F3N4O3/c25-16-3-6-18(7-4-16)30-9-11-31(12-10-30)21(22-2-1-13-34-22)15-28-23(32)24(33)29-20-8-5-17(26)14-19(20)27/h1-8,13-14,21H,9-12,15H2,(H,28,32)(H,29,33). The summed E-state index contributed by atoms with van der Waals surface area (Å²) in [6, 6.07) is 12.2. The number of carbonyl (C=O) groups excluding carboxylic acids is 2. The van der Waals surface area contributed by atoms with Crippen molar-refractivity contribution >= 4 is 23.2 Å². The number of amides is 2. The molecule has 1 atom stereocenters. The Bertz CT molecular complexity index is 1130. The van der Waals surface area contributed by atoms with Crippen molar-refractivity contribution in [3.63, 3.8) is 0 Å². The molecule has 1 fully saturated rings. The van der Waals surface area contributed by atoms with Gasteiger partial charge in [-0.2, -0.15) is 0 Å². The Hall–Kier alpha value is -3.79. The summed E-state index contributed by atoms with van der Waals surface area (Å²) < 4.78 is 45.6. The molecule has 1 aromatic heterocycles. The van der Waals surface area contributed by atoms with Crippen LogP contribution in [0, 0.1) is 17.5 Å². The quantitative estimate of drug-likeness (QED) is 0.539. The van der Waals surface area contributed by atoms with Crippen LogP contribution in [0.3, 0.4) is 0 Å². The number of benzene rings is 2. The van der Waals surface area contributed by atoms with E-state index in [1.807, 2.05) is 0 Å². The van der Waals surface area contributed by atoms with Gasteiger partial charge in [0, 0.05) is 44.5 Å².